The molecule has 6 nitrogen and oxygen atoms in total. The number of benzene rings is 3. The van der Waals surface area contributed by atoms with E-state index < -0.39 is 12.3 Å². The molecule has 36 heavy (non-hydrogen) atoms. The molecule has 0 atom stereocenters. The lowest BCUT2D eigenvalue weighted by atomic mass is 9.87. The SMILES string of the molecule is CCOC(=O)COc1ccc(Nc2ccc(OC(F)(F)F)cc2)cc1Oc1ccc(C(C)(C)C)cc1. The minimum Gasteiger partial charge on any atom is -0.478 e. The van der Waals surface area contributed by atoms with Crippen LogP contribution in [-0.2, 0) is 14.9 Å². The van der Waals surface area contributed by atoms with Crippen LogP contribution in [0.1, 0.15) is 33.3 Å². The summed E-state index contributed by atoms with van der Waals surface area (Å²) in [7, 11) is 0. The Bertz CT molecular complexity index is 1150. The molecule has 3 rings (SSSR count). The Hall–Kier alpha value is -3.88. The first-order valence-electron chi connectivity index (χ1n) is 11.3. The van der Waals surface area contributed by atoms with Crippen LogP contribution in [0.2, 0.25) is 0 Å². The number of hydrogen-bond acceptors (Lipinski definition) is 6. The number of nitrogens with one attached hydrogen (secondary N) is 1. The molecule has 0 saturated carbocycles. The summed E-state index contributed by atoms with van der Waals surface area (Å²) in [6.45, 7) is 7.99. The van der Waals surface area contributed by atoms with E-state index in [0.29, 0.717) is 28.6 Å². The lowest BCUT2D eigenvalue weighted by Gasteiger charge is -2.19. The summed E-state index contributed by atoms with van der Waals surface area (Å²) in [5.41, 5.74) is 2.24. The molecule has 0 aromatic heterocycles. The number of hydrogen-bond donors (Lipinski definition) is 1. The van der Waals surface area contributed by atoms with Gasteiger partial charge in [-0.15, -0.1) is 13.2 Å². The molecule has 0 aliphatic rings. The highest BCUT2D eigenvalue weighted by Gasteiger charge is 2.31. The number of alkyl halides is 3. The minimum absolute atomic E-state index is 0.0169. The maximum Gasteiger partial charge on any atom is 0.573 e. The third-order valence-corrected chi connectivity index (χ3v) is 4.92. The van der Waals surface area contributed by atoms with Crippen LogP contribution in [0.25, 0.3) is 0 Å². The molecule has 0 aliphatic carbocycles. The monoisotopic (exact) mass is 503 g/mol. The van der Waals surface area contributed by atoms with Gasteiger partial charge in [0.1, 0.15) is 11.5 Å². The van der Waals surface area contributed by atoms with E-state index in [1.165, 1.54) is 24.3 Å². The number of carbonyl (C=O) groups excluding carboxylic acids is 1. The molecule has 0 saturated heterocycles. The molecule has 0 unspecified atom stereocenters. The Morgan fingerprint density at radius 2 is 1.44 bits per heavy atom. The van der Waals surface area contributed by atoms with Crippen molar-refractivity contribution in [1.29, 1.82) is 0 Å². The molecule has 0 bridgehead atoms. The van der Waals surface area contributed by atoms with Crippen LogP contribution < -0.4 is 19.5 Å². The first-order valence-corrected chi connectivity index (χ1v) is 11.3. The molecule has 1 N–H and O–H groups in total. The first kappa shape index (κ1) is 26.7. The van der Waals surface area contributed by atoms with E-state index in [1.807, 2.05) is 24.3 Å². The smallest absolute Gasteiger partial charge is 0.478 e. The van der Waals surface area contributed by atoms with Crippen LogP contribution in [0.3, 0.4) is 0 Å². The molecule has 0 heterocycles. The molecule has 0 fully saturated rings. The average molecular weight is 504 g/mol. The second-order valence-electron chi connectivity index (χ2n) is 8.83. The third kappa shape index (κ3) is 8.11. The van der Waals surface area contributed by atoms with Gasteiger partial charge in [0.15, 0.2) is 18.1 Å². The van der Waals surface area contributed by atoms with Crippen molar-refractivity contribution >= 4 is 17.3 Å². The average Bonchev–Trinajstić information content (AvgIpc) is 2.79. The van der Waals surface area contributed by atoms with Crippen molar-refractivity contribution in [2.24, 2.45) is 0 Å². The number of esters is 1. The van der Waals surface area contributed by atoms with Crippen LogP contribution in [0.4, 0.5) is 24.5 Å². The molecule has 192 valence electrons. The second kappa shape index (κ2) is 11.2. The Labute approximate surface area is 207 Å². The molecule has 3 aromatic rings. The summed E-state index contributed by atoms with van der Waals surface area (Å²) in [5.74, 6) is 0.391. The predicted molar refractivity (Wildman–Crippen MR) is 130 cm³/mol. The summed E-state index contributed by atoms with van der Waals surface area (Å²) in [6.07, 6.45) is -4.76. The Morgan fingerprint density at radius 3 is 2.03 bits per heavy atom. The zero-order valence-corrected chi connectivity index (χ0v) is 20.4. The van der Waals surface area contributed by atoms with E-state index in [4.69, 9.17) is 14.2 Å². The van der Waals surface area contributed by atoms with Crippen molar-refractivity contribution in [3.8, 4) is 23.0 Å². The summed E-state index contributed by atoms with van der Waals surface area (Å²) in [4.78, 5) is 11.8. The lowest BCUT2D eigenvalue weighted by Crippen LogP contribution is -2.16. The van der Waals surface area contributed by atoms with Crippen LogP contribution in [0, 0.1) is 0 Å². The topological polar surface area (TPSA) is 66.0 Å². The lowest BCUT2D eigenvalue weighted by molar-refractivity contribution is -0.274. The fourth-order valence-corrected chi connectivity index (χ4v) is 3.18. The standard InChI is InChI=1S/C27H28F3NO5/c1-5-33-25(32)17-34-23-15-10-20(31-19-8-13-22(14-9-19)36-27(28,29)30)16-24(23)35-21-11-6-18(7-12-21)26(2,3)4/h6-16,31H,5,17H2,1-4H3. The zero-order chi connectivity index (χ0) is 26.3. The number of carbonyl (C=O) groups is 1. The van der Waals surface area contributed by atoms with Gasteiger partial charge in [-0.05, 0) is 66.4 Å². The van der Waals surface area contributed by atoms with Crippen molar-refractivity contribution in [2.45, 2.75) is 39.5 Å². The van der Waals surface area contributed by atoms with Gasteiger partial charge in [0.25, 0.3) is 0 Å². The Kier molecular flexibility index (Phi) is 8.34. The van der Waals surface area contributed by atoms with Crippen LogP contribution in [-0.4, -0.2) is 25.5 Å². The van der Waals surface area contributed by atoms with Gasteiger partial charge in [0.2, 0.25) is 0 Å². The van der Waals surface area contributed by atoms with Gasteiger partial charge in [-0.25, -0.2) is 4.79 Å². The van der Waals surface area contributed by atoms with Crippen LogP contribution in [0.5, 0.6) is 23.0 Å². The van der Waals surface area contributed by atoms with E-state index in [1.54, 1.807) is 25.1 Å². The van der Waals surface area contributed by atoms with Crippen molar-refractivity contribution in [1.82, 2.24) is 0 Å². The van der Waals surface area contributed by atoms with Crippen molar-refractivity contribution in [3.63, 3.8) is 0 Å². The van der Waals surface area contributed by atoms with Gasteiger partial charge in [-0.1, -0.05) is 32.9 Å². The number of anilines is 2. The van der Waals surface area contributed by atoms with E-state index in [9.17, 15) is 18.0 Å². The maximum atomic E-state index is 12.4. The highest BCUT2D eigenvalue weighted by atomic mass is 19.4. The second-order valence-corrected chi connectivity index (χ2v) is 8.83. The van der Waals surface area contributed by atoms with E-state index in [-0.39, 0.29) is 24.4 Å². The first-order chi connectivity index (χ1) is 16.9. The van der Waals surface area contributed by atoms with Gasteiger partial charge in [-0.2, -0.15) is 0 Å². The van der Waals surface area contributed by atoms with Gasteiger partial charge in [0, 0.05) is 17.4 Å². The summed E-state index contributed by atoms with van der Waals surface area (Å²) in [5, 5.41) is 3.10. The van der Waals surface area contributed by atoms with E-state index in [0.717, 1.165) is 5.56 Å². The largest absolute Gasteiger partial charge is 0.573 e. The molecule has 0 spiro atoms. The van der Waals surface area contributed by atoms with Crippen molar-refractivity contribution < 1.29 is 36.9 Å². The zero-order valence-electron chi connectivity index (χ0n) is 20.4. The normalized spacial score (nSPS) is 11.5. The fraction of sp³-hybridized carbons (Fsp3) is 0.296. The molecular formula is C27H28F3NO5. The Balaban J connectivity index is 1.81. The third-order valence-electron chi connectivity index (χ3n) is 4.92. The highest BCUT2D eigenvalue weighted by Crippen LogP contribution is 2.36. The fourth-order valence-electron chi connectivity index (χ4n) is 3.18. The molecule has 9 heteroatoms. The molecular weight excluding hydrogens is 475 g/mol. The molecule has 0 aliphatic heterocycles. The van der Waals surface area contributed by atoms with Crippen molar-refractivity contribution in [2.75, 3.05) is 18.5 Å². The van der Waals surface area contributed by atoms with Crippen molar-refractivity contribution in [3.05, 3.63) is 72.3 Å². The quantitative estimate of drug-likeness (QED) is 0.308. The van der Waals surface area contributed by atoms with Gasteiger partial charge in [0.05, 0.1) is 6.61 Å². The predicted octanol–water partition coefficient (Wildman–Crippen LogP) is 7.36. The Morgan fingerprint density at radius 1 is 0.833 bits per heavy atom. The van der Waals surface area contributed by atoms with Crippen LogP contribution in [0.15, 0.2) is 66.7 Å². The molecule has 3 aromatic carbocycles. The van der Waals surface area contributed by atoms with Gasteiger partial charge in [-0.3, -0.25) is 0 Å². The summed E-state index contributed by atoms with van der Waals surface area (Å²) < 4.78 is 57.7. The highest BCUT2D eigenvalue weighted by molar-refractivity contribution is 5.71. The number of halogens is 3. The summed E-state index contributed by atoms with van der Waals surface area (Å²) >= 11 is 0. The maximum absolute atomic E-state index is 12.4. The number of rotatable bonds is 9. The number of ether oxygens (including phenoxy) is 4. The van der Waals surface area contributed by atoms with Gasteiger partial charge >= 0.3 is 12.3 Å². The summed E-state index contributed by atoms with van der Waals surface area (Å²) in [6, 6.07) is 17.9. The van der Waals surface area contributed by atoms with E-state index >= 15 is 0 Å². The van der Waals surface area contributed by atoms with Gasteiger partial charge < -0.3 is 24.3 Å². The van der Waals surface area contributed by atoms with Crippen LogP contribution >= 0.6 is 0 Å². The van der Waals surface area contributed by atoms with E-state index in [2.05, 4.69) is 30.8 Å². The molecule has 0 amide bonds. The molecule has 0 radical (unpaired) electrons. The minimum atomic E-state index is -4.76.